The van der Waals surface area contributed by atoms with E-state index in [1.165, 1.54) is 5.56 Å². The fourth-order valence-corrected chi connectivity index (χ4v) is 4.42. The number of nitrogens with zero attached hydrogens (tertiary/aromatic N) is 1. The standard InChI is InChI=1S/C21H33NO3S/c1-21(2,3)26(24,25)17-8-6-4-5-7-10-18-12-14-19(15-13-18)22-16-9-11-20(22)23/h12-15H,4-11,16-17H2,1-3H3. The number of hydrogen-bond donors (Lipinski definition) is 0. The van der Waals surface area contributed by atoms with Gasteiger partial charge in [-0.25, -0.2) is 8.42 Å². The van der Waals surface area contributed by atoms with Crippen LogP contribution in [0.15, 0.2) is 24.3 Å². The van der Waals surface area contributed by atoms with Crippen molar-refractivity contribution in [2.24, 2.45) is 0 Å². The van der Waals surface area contributed by atoms with Gasteiger partial charge >= 0.3 is 0 Å². The van der Waals surface area contributed by atoms with Crippen LogP contribution in [0.3, 0.4) is 0 Å². The first kappa shape index (κ1) is 20.9. The molecule has 0 radical (unpaired) electrons. The molecule has 1 fully saturated rings. The van der Waals surface area contributed by atoms with Crippen LogP contribution in [0.2, 0.25) is 0 Å². The minimum Gasteiger partial charge on any atom is -0.312 e. The van der Waals surface area contributed by atoms with Gasteiger partial charge in [-0.1, -0.05) is 31.4 Å². The minimum absolute atomic E-state index is 0.228. The Balaban J connectivity index is 1.62. The molecule has 1 aliphatic heterocycles. The highest BCUT2D eigenvalue weighted by molar-refractivity contribution is 7.92. The van der Waals surface area contributed by atoms with Crippen molar-refractivity contribution in [3.8, 4) is 0 Å². The Morgan fingerprint density at radius 3 is 2.15 bits per heavy atom. The third kappa shape index (κ3) is 5.83. The number of benzene rings is 1. The predicted molar refractivity (Wildman–Crippen MR) is 108 cm³/mol. The van der Waals surface area contributed by atoms with Crippen molar-refractivity contribution in [3.05, 3.63) is 29.8 Å². The first-order valence-electron chi connectivity index (χ1n) is 9.82. The van der Waals surface area contributed by atoms with Gasteiger partial charge in [-0.2, -0.15) is 0 Å². The number of anilines is 1. The Morgan fingerprint density at radius 1 is 0.962 bits per heavy atom. The first-order valence-corrected chi connectivity index (χ1v) is 11.5. The molecule has 0 N–H and O–H groups in total. The van der Waals surface area contributed by atoms with Gasteiger partial charge in [0, 0.05) is 18.7 Å². The third-order valence-corrected chi connectivity index (χ3v) is 7.83. The molecule has 0 saturated carbocycles. The zero-order chi connectivity index (χ0) is 19.2. The number of rotatable bonds is 9. The van der Waals surface area contributed by atoms with Crippen molar-refractivity contribution in [3.63, 3.8) is 0 Å². The van der Waals surface area contributed by atoms with E-state index in [4.69, 9.17) is 0 Å². The summed E-state index contributed by atoms with van der Waals surface area (Å²) in [6.45, 7) is 6.15. The van der Waals surface area contributed by atoms with Crippen molar-refractivity contribution >= 4 is 21.4 Å². The number of hydrogen-bond acceptors (Lipinski definition) is 3. The molecule has 4 nitrogen and oxygen atoms in total. The molecule has 0 bridgehead atoms. The third-order valence-electron chi connectivity index (χ3n) is 5.13. The van der Waals surface area contributed by atoms with E-state index in [2.05, 4.69) is 24.3 Å². The summed E-state index contributed by atoms with van der Waals surface area (Å²) in [5, 5.41) is 0. The Labute approximate surface area is 158 Å². The van der Waals surface area contributed by atoms with Crippen LogP contribution in [0, 0.1) is 0 Å². The highest BCUT2D eigenvalue weighted by Gasteiger charge is 2.27. The molecule has 0 spiro atoms. The summed E-state index contributed by atoms with van der Waals surface area (Å²) >= 11 is 0. The Morgan fingerprint density at radius 2 is 1.58 bits per heavy atom. The highest BCUT2D eigenvalue weighted by atomic mass is 32.2. The maximum absolute atomic E-state index is 12.0. The van der Waals surface area contributed by atoms with E-state index in [9.17, 15) is 13.2 Å². The van der Waals surface area contributed by atoms with Crippen molar-refractivity contribution in [1.29, 1.82) is 0 Å². The second-order valence-corrected chi connectivity index (χ2v) is 11.1. The molecule has 0 aliphatic carbocycles. The molecule has 146 valence electrons. The fourth-order valence-electron chi connectivity index (χ4n) is 3.22. The second-order valence-electron chi connectivity index (χ2n) is 8.26. The van der Waals surface area contributed by atoms with Gasteiger partial charge in [-0.05, 0) is 64.2 Å². The van der Waals surface area contributed by atoms with Gasteiger partial charge in [0.25, 0.3) is 0 Å². The molecule has 5 heteroatoms. The van der Waals surface area contributed by atoms with Crippen LogP contribution >= 0.6 is 0 Å². The lowest BCUT2D eigenvalue weighted by Crippen LogP contribution is -2.30. The van der Waals surface area contributed by atoms with E-state index in [1.54, 1.807) is 20.8 Å². The highest BCUT2D eigenvalue weighted by Crippen LogP contribution is 2.22. The van der Waals surface area contributed by atoms with E-state index in [1.807, 2.05) is 4.90 Å². The largest absolute Gasteiger partial charge is 0.312 e. The van der Waals surface area contributed by atoms with Crippen molar-refractivity contribution in [2.75, 3.05) is 17.2 Å². The van der Waals surface area contributed by atoms with E-state index < -0.39 is 14.6 Å². The summed E-state index contributed by atoms with van der Waals surface area (Å²) in [7, 11) is -2.98. The Kier molecular flexibility index (Phi) is 7.27. The fraction of sp³-hybridized carbons (Fsp3) is 0.667. The quantitative estimate of drug-likeness (QED) is 0.593. The lowest BCUT2D eigenvalue weighted by atomic mass is 10.1. The number of aryl methyl sites for hydroxylation is 1. The topological polar surface area (TPSA) is 54.5 Å². The molecule has 0 atom stereocenters. The predicted octanol–water partition coefficient (Wildman–Crippen LogP) is 4.52. The zero-order valence-electron chi connectivity index (χ0n) is 16.5. The van der Waals surface area contributed by atoms with Crippen LogP contribution in [0.4, 0.5) is 5.69 Å². The number of unbranched alkanes of at least 4 members (excludes halogenated alkanes) is 4. The summed E-state index contributed by atoms with van der Waals surface area (Å²) in [5.74, 6) is 0.527. The number of sulfone groups is 1. The van der Waals surface area contributed by atoms with E-state index in [0.717, 1.165) is 57.2 Å². The molecule has 0 aromatic heterocycles. The summed E-state index contributed by atoms with van der Waals surface area (Å²) in [4.78, 5) is 13.6. The maximum atomic E-state index is 12.0. The van der Waals surface area contributed by atoms with Gasteiger partial charge in [-0.15, -0.1) is 0 Å². The number of carbonyl (C=O) groups is 1. The molecule has 1 aromatic rings. The SMILES string of the molecule is CC(C)(C)S(=O)(=O)CCCCCCCc1ccc(N2CCCC2=O)cc1. The lowest BCUT2D eigenvalue weighted by molar-refractivity contribution is -0.117. The maximum Gasteiger partial charge on any atom is 0.227 e. The van der Waals surface area contributed by atoms with Crippen LogP contribution in [-0.4, -0.2) is 31.4 Å². The first-order chi connectivity index (χ1) is 12.2. The van der Waals surface area contributed by atoms with Crippen molar-refractivity contribution in [1.82, 2.24) is 0 Å². The molecule has 1 aromatic carbocycles. The van der Waals surface area contributed by atoms with Crippen LogP contribution in [0.5, 0.6) is 0 Å². The molecule has 2 rings (SSSR count). The van der Waals surface area contributed by atoms with Gasteiger partial charge in [0.1, 0.15) is 0 Å². The molecular formula is C21H33NO3S. The minimum atomic E-state index is -2.98. The molecule has 1 amide bonds. The van der Waals surface area contributed by atoms with Gasteiger partial charge in [-0.3, -0.25) is 4.79 Å². The number of carbonyl (C=O) groups excluding carboxylic acids is 1. The molecule has 1 saturated heterocycles. The van der Waals surface area contributed by atoms with E-state index in [0.29, 0.717) is 12.2 Å². The molecule has 1 aliphatic rings. The van der Waals surface area contributed by atoms with Crippen LogP contribution in [-0.2, 0) is 21.1 Å². The van der Waals surface area contributed by atoms with Crippen LogP contribution < -0.4 is 4.90 Å². The monoisotopic (exact) mass is 379 g/mol. The summed E-state index contributed by atoms with van der Waals surface area (Å²) in [6, 6.07) is 8.35. The average Bonchev–Trinajstić information content (AvgIpc) is 2.99. The van der Waals surface area contributed by atoms with Crippen LogP contribution in [0.1, 0.15) is 71.3 Å². The van der Waals surface area contributed by atoms with Crippen molar-refractivity contribution < 1.29 is 13.2 Å². The summed E-state index contributed by atoms with van der Waals surface area (Å²) in [5.41, 5.74) is 2.31. The lowest BCUT2D eigenvalue weighted by Gasteiger charge is -2.18. The van der Waals surface area contributed by atoms with E-state index in [-0.39, 0.29) is 5.91 Å². The Bertz CT molecular complexity index is 687. The normalized spacial score (nSPS) is 15.7. The Hall–Kier alpha value is -1.36. The molecule has 26 heavy (non-hydrogen) atoms. The van der Waals surface area contributed by atoms with Gasteiger partial charge in [0.05, 0.1) is 10.5 Å². The summed E-state index contributed by atoms with van der Waals surface area (Å²) < 4.78 is 23.4. The second kappa shape index (κ2) is 9.03. The molecule has 1 heterocycles. The van der Waals surface area contributed by atoms with E-state index >= 15 is 0 Å². The molecular weight excluding hydrogens is 346 g/mol. The smallest absolute Gasteiger partial charge is 0.227 e. The molecule has 0 unspecified atom stereocenters. The van der Waals surface area contributed by atoms with Crippen molar-refractivity contribution in [2.45, 2.75) is 76.9 Å². The van der Waals surface area contributed by atoms with Gasteiger partial charge in [0.15, 0.2) is 9.84 Å². The van der Waals surface area contributed by atoms with Gasteiger partial charge < -0.3 is 4.90 Å². The van der Waals surface area contributed by atoms with Gasteiger partial charge in [0.2, 0.25) is 5.91 Å². The average molecular weight is 380 g/mol. The number of amides is 1. The zero-order valence-corrected chi connectivity index (χ0v) is 17.3. The van der Waals surface area contributed by atoms with Crippen LogP contribution in [0.25, 0.3) is 0 Å². The summed E-state index contributed by atoms with van der Waals surface area (Å²) in [6.07, 6.45) is 7.73.